The van der Waals surface area contributed by atoms with Gasteiger partial charge in [-0.25, -0.2) is 9.59 Å². The predicted molar refractivity (Wildman–Crippen MR) is 115 cm³/mol. The minimum Gasteiger partial charge on any atom is -0.544 e. The lowest BCUT2D eigenvalue weighted by Crippen LogP contribution is -2.71. The Bertz CT molecular complexity index is 500. The van der Waals surface area contributed by atoms with E-state index in [4.69, 9.17) is 0 Å². The second-order valence-corrected chi connectivity index (χ2v) is 8.04. The maximum absolute atomic E-state index is 12.3. The highest BCUT2D eigenvalue weighted by Gasteiger charge is 2.54. The lowest BCUT2D eigenvalue weighted by atomic mass is 9.93. The molecule has 0 spiro atoms. The second kappa shape index (κ2) is 15.0. The van der Waals surface area contributed by atoms with Gasteiger partial charge in [0.15, 0.2) is 12.1 Å². The molecule has 174 valence electrons. The van der Waals surface area contributed by atoms with Crippen molar-refractivity contribution >= 4 is 17.9 Å². The molecule has 0 bridgehead atoms. The van der Waals surface area contributed by atoms with Gasteiger partial charge in [0.05, 0.1) is 12.2 Å². The summed E-state index contributed by atoms with van der Waals surface area (Å²) in [6.07, 6.45) is 10.1. The number of rotatable bonds is 18. The molecule has 3 unspecified atom stereocenters. The molecule has 0 heterocycles. The van der Waals surface area contributed by atoms with Gasteiger partial charge >= 0.3 is 11.9 Å². The van der Waals surface area contributed by atoms with E-state index in [1.54, 1.807) is 12.3 Å². The number of unbranched alkanes of at least 4 members (excludes halogenated alkanes) is 4. The lowest BCUT2D eigenvalue weighted by molar-refractivity contribution is -0.930. The molecule has 0 radical (unpaired) electrons. The average Bonchev–Trinajstić information content (AvgIpc) is 2.68. The molecule has 7 nitrogen and oxygen atoms in total. The fourth-order valence-electron chi connectivity index (χ4n) is 4.33. The summed E-state index contributed by atoms with van der Waals surface area (Å²) in [4.78, 5) is 36.9. The normalized spacial score (nSPS) is 16.7. The zero-order valence-electron chi connectivity index (χ0n) is 19.1. The number of nitrogens with zero attached hydrogens (tertiary/aromatic N) is 1. The second-order valence-electron chi connectivity index (χ2n) is 8.04. The van der Waals surface area contributed by atoms with E-state index in [0.717, 1.165) is 25.7 Å². The topological polar surface area (TPSA) is 115 Å². The van der Waals surface area contributed by atoms with Gasteiger partial charge in [0.2, 0.25) is 0 Å². The summed E-state index contributed by atoms with van der Waals surface area (Å²) < 4.78 is -0.615. The largest absolute Gasteiger partial charge is 0.544 e. The monoisotopic (exact) mass is 427 g/mol. The Kier molecular flexibility index (Phi) is 14.0. The van der Waals surface area contributed by atoms with Gasteiger partial charge < -0.3 is 20.1 Å². The first kappa shape index (κ1) is 28.1. The van der Waals surface area contributed by atoms with Crippen LogP contribution in [0.2, 0.25) is 0 Å². The van der Waals surface area contributed by atoms with Crippen molar-refractivity contribution in [2.45, 2.75) is 116 Å². The maximum atomic E-state index is 12.3. The van der Waals surface area contributed by atoms with Crippen molar-refractivity contribution in [3.63, 3.8) is 0 Å². The first-order valence-electron chi connectivity index (χ1n) is 11.5. The van der Waals surface area contributed by atoms with Crippen LogP contribution in [0.3, 0.4) is 0 Å². The SMILES string of the molecule is CCCCCCC=C[N+](C(CCC)C(=O)[O-])(C(CCC)C(=O)O)C(CCC)C(=O)O. The fraction of sp³-hybridized carbons (Fsp3) is 0.783. The number of allylic oxidation sites excluding steroid dienone is 1. The van der Waals surface area contributed by atoms with Crippen LogP contribution in [0, 0.1) is 0 Å². The van der Waals surface area contributed by atoms with Crippen LogP contribution in [0.25, 0.3) is 0 Å². The molecule has 0 aromatic carbocycles. The molecule has 0 fully saturated rings. The molecule has 0 aliphatic rings. The highest BCUT2D eigenvalue weighted by atomic mass is 16.4. The summed E-state index contributed by atoms with van der Waals surface area (Å²) in [6.45, 7) is 7.56. The molecule has 0 rings (SSSR count). The Labute approximate surface area is 181 Å². The van der Waals surface area contributed by atoms with E-state index in [2.05, 4.69) is 6.92 Å². The standard InChI is InChI=1S/C23H41NO6/c1-5-9-10-11-12-13-17-24(18(14-6-2)21(25)26,19(15-7-3)22(27)28)20(16-8-4)23(29)30/h13,17-20H,5-12,14-16H2,1-4H3,(H2-,25,26,27,28,29,30). The summed E-state index contributed by atoms with van der Waals surface area (Å²) in [6, 6.07) is -3.56. The van der Waals surface area contributed by atoms with Crippen LogP contribution in [-0.4, -0.2) is 50.7 Å². The van der Waals surface area contributed by atoms with Crippen LogP contribution in [0.4, 0.5) is 0 Å². The van der Waals surface area contributed by atoms with Gasteiger partial charge in [0.1, 0.15) is 6.04 Å². The van der Waals surface area contributed by atoms with Crippen molar-refractivity contribution in [2.75, 3.05) is 0 Å². The number of carboxylic acid groups (broad SMARTS) is 3. The van der Waals surface area contributed by atoms with E-state index >= 15 is 0 Å². The average molecular weight is 428 g/mol. The summed E-state index contributed by atoms with van der Waals surface area (Å²) in [5, 5.41) is 32.3. The van der Waals surface area contributed by atoms with E-state index < -0.39 is 40.5 Å². The van der Waals surface area contributed by atoms with Gasteiger partial charge in [-0.3, -0.25) is 4.48 Å². The number of carboxylic acids is 3. The highest BCUT2D eigenvalue weighted by molar-refractivity contribution is 5.77. The number of quaternary nitrogens is 1. The molecule has 0 amide bonds. The third-order valence-electron chi connectivity index (χ3n) is 5.74. The lowest BCUT2D eigenvalue weighted by Gasteiger charge is -2.49. The Hall–Kier alpha value is -1.89. The van der Waals surface area contributed by atoms with Gasteiger partial charge in [-0.15, -0.1) is 0 Å². The molecule has 3 atom stereocenters. The van der Waals surface area contributed by atoms with Crippen LogP contribution in [0.5, 0.6) is 0 Å². The zero-order chi connectivity index (χ0) is 23.2. The summed E-state index contributed by atoms with van der Waals surface area (Å²) in [5.41, 5.74) is 0. The Morgan fingerprint density at radius 3 is 1.60 bits per heavy atom. The van der Waals surface area contributed by atoms with Gasteiger partial charge in [-0.05, 0) is 31.8 Å². The van der Waals surface area contributed by atoms with E-state index in [1.807, 2.05) is 20.8 Å². The van der Waals surface area contributed by atoms with E-state index in [1.165, 1.54) is 0 Å². The maximum Gasteiger partial charge on any atom is 0.363 e. The minimum atomic E-state index is -1.39. The van der Waals surface area contributed by atoms with Crippen LogP contribution < -0.4 is 5.11 Å². The van der Waals surface area contributed by atoms with Gasteiger partial charge in [-0.1, -0.05) is 53.4 Å². The summed E-state index contributed by atoms with van der Waals surface area (Å²) in [7, 11) is 0. The number of carbonyl (C=O) groups excluding carboxylic acids is 1. The Morgan fingerprint density at radius 2 is 1.23 bits per heavy atom. The van der Waals surface area contributed by atoms with Crippen molar-refractivity contribution < 1.29 is 34.2 Å². The van der Waals surface area contributed by atoms with Crippen molar-refractivity contribution in [1.29, 1.82) is 0 Å². The fourth-order valence-corrected chi connectivity index (χ4v) is 4.33. The first-order chi connectivity index (χ1) is 14.2. The van der Waals surface area contributed by atoms with Crippen LogP contribution in [0.15, 0.2) is 12.3 Å². The molecule has 2 N–H and O–H groups in total. The number of carbonyl (C=O) groups is 3. The van der Waals surface area contributed by atoms with Crippen LogP contribution >= 0.6 is 0 Å². The smallest absolute Gasteiger partial charge is 0.363 e. The van der Waals surface area contributed by atoms with E-state index in [0.29, 0.717) is 25.7 Å². The van der Waals surface area contributed by atoms with Crippen molar-refractivity contribution in [3.8, 4) is 0 Å². The molecule has 0 aromatic rings. The Balaban J connectivity index is 6.62. The number of hydrogen-bond donors (Lipinski definition) is 2. The molecule has 0 aliphatic carbocycles. The molecular formula is C23H41NO6. The van der Waals surface area contributed by atoms with Crippen molar-refractivity contribution in [1.82, 2.24) is 0 Å². The van der Waals surface area contributed by atoms with Gasteiger partial charge in [0.25, 0.3) is 0 Å². The van der Waals surface area contributed by atoms with E-state index in [9.17, 15) is 29.7 Å². The summed E-state index contributed by atoms with van der Waals surface area (Å²) in [5.74, 6) is -3.73. The number of aliphatic carboxylic acids is 3. The van der Waals surface area contributed by atoms with Gasteiger partial charge in [-0.2, -0.15) is 0 Å². The van der Waals surface area contributed by atoms with Crippen molar-refractivity contribution in [3.05, 3.63) is 12.3 Å². The molecule has 30 heavy (non-hydrogen) atoms. The van der Waals surface area contributed by atoms with Crippen LogP contribution in [-0.2, 0) is 14.4 Å². The quantitative estimate of drug-likeness (QED) is 0.254. The molecule has 0 aromatic heterocycles. The highest BCUT2D eigenvalue weighted by Crippen LogP contribution is 2.34. The molecule has 7 heteroatoms. The van der Waals surface area contributed by atoms with Crippen molar-refractivity contribution in [2.24, 2.45) is 0 Å². The molecule has 0 saturated carbocycles. The predicted octanol–water partition coefficient (Wildman–Crippen LogP) is 3.71. The first-order valence-corrected chi connectivity index (χ1v) is 11.5. The molecular weight excluding hydrogens is 386 g/mol. The number of hydrogen-bond acceptors (Lipinski definition) is 4. The summed E-state index contributed by atoms with van der Waals surface area (Å²) >= 11 is 0. The van der Waals surface area contributed by atoms with Crippen LogP contribution in [0.1, 0.15) is 98.3 Å². The zero-order valence-corrected chi connectivity index (χ0v) is 19.1. The Morgan fingerprint density at radius 1 is 0.767 bits per heavy atom. The third kappa shape index (κ3) is 7.74. The van der Waals surface area contributed by atoms with Gasteiger partial charge in [0, 0.05) is 19.3 Å². The minimum absolute atomic E-state index is 0.156. The molecule has 0 aliphatic heterocycles. The molecule has 0 saturated heterocycles. The van der Waals surface area contributed by atoms with E-state index in [-0.39, 0.29) is 19.3 Å². The third-order valence-corrected chi connectivity index (χ3v) is 5.74.